The van der Waals surface area contributed by atoms with Gasteiger partial charge in [0, 0.05) is 23.3 Å². The number of carbonyl (C=O) groups is 1. The smallest absolute Gasteiger partial charge is 0.292 e. The minimum Gasteiger partial charge on any atom is -0.471 e. The average molecular weight is 367 g/mol. The van der Waals surface area contributed by atoms with Crippen molar-refractivity contribution in [1.82, 2.24) is 0 Å². The predicted molar refractivity (Wildman–Crippen MR) is 88.9 cm³/mol. The number of hydrogen-bond acceptors (Lipinski definition) is 5. The van der Waals surface area contributed by atoms with Crippen LogP contribution in [-0.2, 0) is 9.53 Å². The number of nitrogens with zero attached hydrogens (tertiary/aromatic N) is 1. The highest BCUT2D eigenvalue weighted by molar-refractivity contribution is 9.10. The summed E-state index contributed by atoms with van der Waals surface area (Å²) < 4.78 is 4.80. The maximum Gasteiger partial charge on any atom is 0.292 e. The third-order valence-electron chi connectivity index (χ3n) is 2.74. The number of ether oxygens (including phenoxy) is 1. The van der Waals surface area contributed by atoms with Crippen LogP contribution in [0.1, 0.15) is 0 Å². The van der Waals surface area contributed by atoms with E-state index in [0.717, 1.165) is 15.7 Å². The van der Waals surface area contributed by atoms with Gasteiger partial charge in [-0.25, -0.2) is 0 Å². The van der Waals surface area contributed by atoms with E-state index in [2.05, 4.69) is 26.0 Å². The van der Waals surface area contributed by atoms with Crippen LogP contribution in [0.5, 0.6) is 0 Å². The summed E-state index contributed by atoms with van der Waals surface area (Å²) in [5, 5.41) is 14.1. The maximum atomic E-state index is 11.1. The number of nitro benzene ring substituents is 1. The molecule has 0 atom stereocenters. The number of carbonyl (C=O) groups excluding carboxylic acids is 1. The van der Waals surface area contributed by atoms with Crippen molar-refractivity contribution in [2.24, 2.45) is 0 Å². The second-order valence-corrected chi connectivity index (χ2v) is 4.96. The van der Waals surface area contributed by atoms with Gasteiger partial charge in [-0.15, -0.1) is 0 Å². The van der Waals surface area contributed by atoms with Crippen LogP contribution < -0.4 is 5.32 Å². The molecule has 0 saturated heterocycles. The van der Waals surface area contributed by atoms with Crippen molar-refractivity contribution < 1.29 is 14.5 Å². The number of benzene rings is 2. The molecule has 0 fully saturated rings. The lowest BCUT2D eigenvalue weighted by Crippen LogP contribution is -1.97. The van der Waals surface area contributed by atoms with Gasteiger partial charge in [-0.3, -0.25) is 14.9 Å². The van der Waals surface area contributed by atoms with E-state index in [1.807, 2.05) is 30.3 Å². The Morgan fingerprint density at radius 1 is 1.23 bits per heavy atom. The van der Waals surface area contributed by atoms with Gasteiger partial charge < -0.3 is 10.1 Å². The van der Waals surface area contributed by atoms with E-state index in [9.17, 15) is 10.1 Å². The first-order chi connectivity index (χ1) is 10.5. The number of halogens is 1. The monoisotopic (exact) mass is 366 g/mol. The molecule has 6 nitrogen and oxygen atoms in total. The van der Waals surface area contributed by atoms with Crippen LogP contribution in [0.25, 0.3) is 11.1 Å². The van der Waals surface area contributed by atoms with Gasteiger partial charge in [0.2, 0.25) is 0 Å². The Kier molecular flexibility index (Phi) is 7.04. The summed E-state index contributed by atoms with van der Waals surface area (Å²) in [6.07, 6.45) is 0. The first kappa shape index (κ1) is 17.6. The number of hydrogen-bond donors (Lipinski definition) is 1. The molecule has 0 aliphatic rings. The molecule has 0 aromatic heterocycles. The van der Waals surface area contributed by atoms with Crippen LogP contribution in [0.15, 0.2) is 46.9 Å². The van der Waals surface area contributed by atoms with Crippen molar-refractivity contribution in [1.29, 1.82) is 0 Å². The highest BCUT2D eigenvalue weighted by Crippen LogP contribution is 2.36. The van der Waals surface area contributed by atoms with E-state index < -0.39 is 0 Å². The fraction of sp³-hybridized carbons (Fsp3) is 0.133. The van der Waals surface area contributed by atoms with Crippen molar-refractivity contribution in [2.45, 2.75) is 0 Å². The zero-order valence-electron chi connectivity index (χ0n) is 12.1. The van der Waals surface area contributed by atoms with Crippen molar-refractivity contribution in [3.8, 4) is 11.1 Å². The maximum absolute atomic E-state index is 11.1. The third-order valence-corrected chi connectivity index (χ3v) is 3.27. The number of nitro groups is 1. The van der Waals surface area contributed by atoms with Gasteiger partial charge in [-0.1, -0.05) is 34.1 Å². The summed E-state index contributed by atoms with van der Waals surface area (Å²) in [7, 11) is 3.06. The lowest BCUT2D eigenvalue weighted by molar-refractivity contribution is -0.384. The Hall–Kier alpha value is -2.41. The quantitative estimate of drug-likeness (QED) is 0.504. The fourth-order valence-corrected chi connectivity index (χ4v) is 2.08. The van der Waals surface area contributed by atoms with E-state index in [1.54, 1.807) is 13.1 Å². The molecule has 0 radical (unpaired) electrons. The van der Waals surface area contributed by atoms with Gasteiger partial charge in [-0.2, -0.15) is 0 Å². The third kappa shape index (κ3) is 4.56. The standard InChI is InChI=1S/C13H11BrN2O2.C2H4O2/c1-15-11-3-2-4-12(16(17)18)13(11)9-5-7-10(14)8-6-9;1-4-2-3/h2-8,15H,1H3;2H,1H3. The van der Waals surface area contributed by atoms with Gasteiger partial charge in [-0.05, 0) is 23.8 Å². The number of methoxy groups -OCH3 is 1. The van der Waals surface area contributed by atoms with Crippen LogP contribution in [-0.4, -0.2) is 25.6 Å². The Balaban J connectivity index is 0.000000541. The zero-order chi connectivity index (χ0) is 16.5. The molecule has 1 N–H and O–H groups in total. The molecule has 0 spiro atoms. The summed E-state index contributed by atoms with van der Waals surface area (Å²) >= 11 is 3.35. The Labute approximate surface area is 136 Å². The van der Waals surface area contributed by atoms with Gasteiger partial charge in [0.25, 0.3) is 12.2 Å². The normalized spacial score (nSPS) is 9.23. The van der Waals surface area contributed by atoms with E-state index in [0.29, 0.717) is 12.0 Å². The highest BCUT2D eigenvalue weighted by Gasteiger charge is 2.18. The molecule has 0 unspecified atom stereocenters. The lowest BCUT2D eigenvalue weighted by Gasteiger charge is -2.09. The van der Waals surface area contributed by atoms with Gasteiger partial charge in [0.15, 0.2) is 0 Å². The Morgan fingerprint density at radius 3 is 2.27 bits per heavy atom. The SMILES string of the molecule is CNc1cccc([N+](=O)[O-])c1-c1ccc(Br)cc1.COC=O. The predicted octanol–water partition coefficient (Wildman–Crippen LogP) is 3.86. The molecule has 0 bridgehead atoms. The highest BCUT2D eigenvalue weighted by atomic mass is 79.9. The fourth-order valence-electron chi connectivity index (χ4n) is 1.82. The summed E-state index contributed by atoms with van der Waals surface area (Å²) in [5.74, 6) is 0. The van der Waals surface area contributed by atoms with Gasteiger partial charge >= 0.3 is 0 Å². The topological polar surface area (TPSA) is 81.5 Å². The average Bonchev–Trinajstić information content (AvgIpc) is 2.55. The van der Waals surface area contributed by atoms with Crippen LogP contribution in [0.2, 0.25) is 0 Å². The molecule has 0 amide bonds. The Morgan fingerprint density at radius 2 is 1.82 bits per heavy atom. The first-order valence-electron chi connectivity index (χ1n) is 6.22. The summed E-state index contributed by atoms with van der Waals surface area (Å²) in [6, 6.07) is 12.5. The number of rotatable bonds is 4. The first-order valence-corrected chi connectivity index (χ1v) is 7.02. The molecule has 2 aromatic rings. The second kappa shape index (κ2) is 8.78. The molecule has 0 aliphatic carbocycles. The van der Waals surface area contributed by atoms with Crippen molar-refractivity contribution in [3.05, 3.63) is 57.1 Å². The number of anilines is 1. The molecule has 7 heteroatoms. The minimum atomic E-state index is -0.363. The van der Waals surface area contributed by atoms with E-state index in [1.165, 1.54) is 13.2 Å². The summed E-state index contributed by atoms with van der Waals surface area (Å²) in [6.45, 7) is 0.375. The molecule has 2 aromatic carbocycles. The second-order valence-electron chi connectivity index (χ2n) is 4.05. The molecule has 2 rings (SSSR count). The van der Waals surface area contributed by atoms with E-state index in [-0.39, 0.29) is 10.6 Å². The van der Waals surface area contributed by atoms with Crippen LogP contribution in [0.3, 0.4) is 0 Å². The minimum absolute atomic E-state index is 0.101. The van der Waals surface area contributed by atoms with Gasteiger partial charge in [0.05, 0.1) is 17.6 Å². The zero-order valence-corrected chi connectivity index (χ0v) is 13.7. The van der Waals surface area contributed by atoms with Crippen LogP contribution in [0.4, 0.5) is 11.4 Å². The molecular weight excluding hydrogens is 352 g/mol. The van der Waals surface area contributed by atoms with Crippen molar-refractivity contribution in [3.63, 3.8) is 0 Å². The van der Waals surface area contributed by atoms with Crippen molar-refractivity contribution in [2.75, 3.05) is 19.5 Å². The summed E-state index contributed by atoms with van der Waals surface area (Å²) in [4.78, 5) is 19.7. The molecule has 0 heterocycles. The summed E-state index contributed by atoms with van der Waals surface area (Å²) in [5.41, 5.74) is 2.27. The number of nitrogens with one attached hydrogen (secondary N) is 1. The Bertz CT molecular complexity index is 644. The van der Waals surface area contributed by atoms with E-state index >= 15 is 0 Å². The molecule has 0 aliphatic heterocycles. The molecule has 116 valence electrons. The largest absolute Gasteiger partial charge is 0.471 e. The lowest BCUT2D eigenvalue weighted by atomic mass is 10.0. The van der Waals surface area contributed by atoms with Crippen molar-refractivity contribution >= 4 is 33.8 Å². The van der Waals surface area contributed by atoms with E-state index in [4.69, 9.17) is 4.79 Å². The molecule has 22 heavy (non-hydrogen) atoms. The van der Waals surface area contributed by atoms with Gasteiger partial charge in [0.1, 0.15) is 0 Å². The van der Waals surface area contributed by atoms with Crippen LogP contribution >= 0.6 is 15.9 Å². The molecule has 0 saturated carbocycles. The molecular formula is C15H15BrN2O4. The van der Waals surface area contributed by atoms with Crippen LogP contribution in [0, 0.1) is 10.1 Å².